The second-order valence-corrected chi connectivity index (χ2v) is 7.25. The fourth-order valence-electron chi connectivity index (χ4n) is 2.59. The molecule has 0 radical (unpaired) electrons. The highest BCUT2D eigenvalue weighted by molar-refractivity contribution is 5.94. The molecular formula is C21H24N2O3. The van der Waals surface area contributed by atoms with Crippen molar-refractivity contribution < 1.29 is 13.9 Å². The summed E-state index contributed by atoms with van der Waals surface area (Å²) in [5.41, 5.74) is 2.95. The molecule has 1 aromatic heterocycles. The van der Waals surface area contributed by atoms with Gasteiger partial charge < -0.3 is 14.5 Å². The van der Waals surface area contributed by atoms with Gasteiger partial charge in [-0.2, -0.15) is 0 Å². The average Bonchev–Trinajstić information content (AvgIpc) is 3.00. The van der Waals surface area contributed by atoms with Crippen LogP contribution in [0.25, 0.3) is 11.1 Å². The predicted octanol–water partition coefficient (Wildman–Crippen LogP) is 4.71. The first-order valence-corrected chi connectivity index (χ1v) is 8.78. The first-order valence-electron chi connectivity index (χ1n) is 8.78. The maximum absolute atomic E-state index is 12.3. The lowest BCUT2D eigenvalue weighted by Crippen LogP contribution is -2.14. The van der Waals surface area contributed by atoms with E-state index in [2.05, 4.69) is 31.1 Å². The number of oxazole rings is 1. The Balaban J connectivity index is 1.68. The molecule has 5 nitrogen and oxygen atoms in total. The zero-order valence-electron chi connectivity index (χ0n) is 15.6. The molecule has 0 saturated heterocycles. The molecule has 3 rings (SSSR count). The summed E-state index contributed by atoms with van der Waals surface area (Å²) in [5.74, 6) is 1.42. The molecule has 1 amide bonds. The van der Waals surface area contributed by atoms with Crippen LogP contribution in [0.15, 0.2) is 46.9 Å². The van der Waals surface area contributed by atoms with Crippen molar-refractivity contribution in [3.05, 3.63) is 53.9 Å². The minimum absolute atomic E-state index is 0.0759. The Kier molecular flexibility index (Phi) is 4.98. The first kappa shape index (κ1) is 18.0. The van der Waals surface area contributed by atoms with E-state index in [-0.39, 0.29) is 11.3 Å². The highest BCUT2D eigenvalue weighted by Crippen LogP contribution is 2.27. The fourth-order valence-corrected chi connectivity index (χ4v) is 2.59. The van der Waals surface area contributed by atoms with Gasteiger partial charge in [-0.05, 0) is 42.8 Å². The van der Waals surface area contributed by atoms with Gasteiger partial charge in [0.25, 0.3) is 0 Å². The molecule has 136 valence electrons. The van der Waals surface area contributed by atoms with Crippen molar-refractivity contribution in [2.45, 2.75) is 39.5 Å². The number of rotatable bonds is 5. The largest absolute Gasteiger partial charge is 0.494 e. The monoisotopic (exact) mass is 352 g/mol. The third-order valence-corrected chi connectivity index (χ3v) is 3.91. The molecule has 5 heteroatoms. The van der Waals surface area contributed by atoms with E-state index < -0.39 is 0 Å². The third-order valence-electron chi connectivity index (χ3n) is 3.91. The molecular weight excluding hydrogens is 328 g/mol. The average molecular weight is 352 g/mol. The molecule has 2 aromatic carbocycles. The lowest BCUT2D eigenvalue weighted by molar-refractivity contribution is -0.115. The van der Waals surface area contributed by atoms with E-state index in [1.54, 1.807) is 0 Å². The Morgan fingerprint density at radius 3 is 2.54 bits per heavy atom. The molecule has 0 unspecified atom stereocenters. The Bertz CT molecular complexity index is 905. The van der Waals surface area contributed by atoms with Gasteiger partial charge in [0, 0.05) is 11.1 Å². The second-order valence-electron chi connectivity index (χ2n) is 7.25. The fraction of sp³-hybridized carbons (Fsp3) is 0.333. The number of carbonyl (C=O) groups is 1. The lowest BCUT2D eigenvalue weighted by Gasteiger charge is -2.11. The van der Waals surface area contributed by atoms with E-state index in [9.17, 15) is 4.79 Å². The molecule has 0 fully saturated rings. The molecule has 0 aliphatic carbocycles. The van der Waals surface area contributed by atoms with Crippen LogP contribution in [0.2, 0.25) is 0 Å². The van der Waals surface area contributed by atoms with Crippen LogP contribution in [0.5, 0.6) is 5.75 Å². The van der Waals surface area contributed by atoms with E-state index >= 15 is 0 Å². The van der Waals surface area contributed by atoms with Crippen molar-refractivity contribution in [3.63, 3.8) is 0 Å². The molecule has 1 heterocycles. The van der Waals surface area contributed by atoms with E-state index in [0.717, 1.165) is 22.4 Å². The molecule has 0 saturated carbocycles. The zero-order valence-corrected chi connectivity index (χ0v) is 15.6. The van der Waals surface area contributed by atoms with Crippen LogP contribution in [0.1, 0.15) is 39.1 Å². The third kappa shape index (κ3) is 4.23. The standard InChI is InChI=1S/C21H24N2O3/c1-5-25-16-9-6-14(7-10-16)12-19(24)22-15-8-11-18-17(13-15)23-20(26-18)21(2,3)4/h6-11,13H,5,12H2,1-4H3,(H,22,24). The van der Waals surface area contributed by atoms with Gasteiger partial charge in [0.05, 0.1) is 13.0 Å². The lowest BCUT2D eigenvalue weighted by atomic mass is 9.97. The normalized spacial score (nSPS) is 11.5. The quantitative estimate of drug-likeness (QED) is 0.722. The maximum Gasteiger partial charge on any atom is 0.228 e. The summed E-state index contributed by atoms with van der Waals surface area (Å²) in [5, 5.41) is 2.92. The van der Waals surface area contributed by atoms with Crippen molar-refractivity contribution in [2.24, 2.45) is 0 Å². The van der Waals surface area contributed by atoms with Gasteiger partial charge in [-0.1, -0.05) is 32.9 Å². The molecule has 3 aromatic rings. The number of hydrogen-bond acceptors (Lipinski definition) is 4. The van der Waals surface area contributed by atoms with Crippen molar-refractivity contribution in [1.82, 2.24) is 4.98 Å². The van der Waals surface area contributed by atoms with Crippen LogP contribution in [0.4, 0.5) is 5.69 Å². The number of nitrogens with zero attached hydrogens (tertiary/aromatic N) is 1. The highest BCUT2D eigenvalue weighted by atomic mass is 16.5. The van der Waals surface area contributed by atoms with Crippen LogP contribution >= 0.6 is 0 Å². The van der Waals surface area contributed by atoms with Crippen molar-refractivity contribution in [2.75, 3.05) is 11.9 Å². The van der Waals surface area contributed by atoms with Crippen molar-refractivity contribution in [3.8, 4) is 5.75 Å². The summed E-state index contributed by atoms with van der Waals surface area (Å²) in [6.07, 6.45) is 0.302. The summed E-state index contributed by atoms with van der Waals surface area (Å²) < 4.78 is 11.2. The van der Waals surface area contributed by atoms with Crippen molar-refractivity contribution >= 4 is 22.7 Å². The van der Waals surface area contributed by atoms with Gasteiger partial charge in [0.15, 0.2) is 5.58 Å². The maximum atomic E-state index is 12.3. The van der Waals surface area contributed by atoms with Gasteiger partial charge in [-0.15, -0.1) is 0 Å². The van der Waals surface area contributed by atoms with E-state index in [1.807, 2.05) is 49.4 Å². The zero-order chi connectivity index (χ0) is 18.7. The van der Waals surface area contributed by atoms with Crippen molar-refractivity contribution in [1.29, 1.82) is 0 Å². The Hall–Kier alpha value is -2.82. The van der Waals surface area contributed by atoms with Crippen LogP contribution < -0.4 is 10.1 Å². The number of anilines is 1. The minimum Gasteiger partial charge on any atom is -0.494 e. The molecule has 0 atom stereocenters. The molecule has 0 aliphatic rings. The summed E-state index contributed by atoms with van der Waals surface area (Å²) in [6, 6.07) is 13.1. The molecule has 1 N–H and O–H groups in total. The van der Waals surface area contributed by atoms with Crippen LogP contribution in [0, 0.1) is 0 Å². The Labute approximate surface area is 153 Å². The number of benzene rings is 2. The van der Waals surface area contributed by atoms with Gasteiger partial charge in [0.2, 0.25) is 11.8 Å². The topological polar surface area (TPSA) is 64.4 Å². The number of nitrogens with one attached hydrogen (secondary N) is 1. The van der Waals surface area contributed by atoms with E-state index in [4.69, 9.17) is 9.15 Å². The number of hydrogen-bond donors (Lipinski definition) is 1. The number of amides is 1. The van der Waals surface area contributed by atoms with Crippen LogP contribution in [0.3, 0.4) is 0 Å². The highest BCUT2D eigenvalue weighted by Gasteiger charge is 2.21. The van der Waals surface area contributed by atoms with E-state index in [1.165, 1.54) is 0 Å². The Morgan fingerprint density at radius 2 is 1.88 bits per heavy atom. The minimum atomic E-state index is -0.157. The second kappa shape index (κ2) is 7.20. The molecule has 0 aliphatic heterocycles. The SMILES string of the molecule is CCOc1ccc(CC(=O)Nc2ccc3oc(C(C)(C)C)nc3c2)cc1. The van der Waals surface area contributed by atoms with Gasteiger partial charge in [-0.3, -0.25) is 4.79 Å². The molecule has 0 bridgehead atoms. The van der Waals surface area contributed by atoms with Crippen LogP contribution in [-0.4, -0.2) is 17.5 Å². The predicted molar refractivity (Wildman–Crippen MR) is 103 cm³/mol. The number of ether oxygens (including phenoxy) is 1. The van der Waals surface area contributed by atoms with Gasteiger partial charge in [0.1, 0.15) is 11.3 Å². The smallest absolute Gasteiger partial charge is 0.228 e. The molecule has 26 heavy (non-hydrogen) atoms. The van der Waals surface area contributed by atoms with E-state index in [0.29, 0.717) is 24.6 Å². The Morgan fingerprint density at radius 1 is 1.15 bits per heavy atom. The number of fused-ring (bicyclic) bond motifs is 1. The summed E-state index contributed by atoms with van der Waals surface area (Å²) in [6.45, 7) is 8.73. The summed E-state index contributed by atoms with van der Waals surface area (Å²) in [4.78, 5) is 16.8. The van der Waals surface area contributed by atoms with Gasteiger partial charge in [-0.25, -0.2) is 4.98 Å². The summed E-state index contributed by atoms with van der Waals surface area (Å²) in [7, 11) is 0. The summed E-state index contributed by atoms with van der Waals surface area (Å²) >= 11 is 0. The first-order chi connectivity index (χ1) is 12.3. The molecule has 0 spiro atoms. The van der Waals surface area contributed by atoms with Gasteiger partial charge >= 0.3 is 0 Å². The van der Waals surface area contributed by atoms with Crippen LogP contribution in [-0.2, 0) is 16.6 Å². The number of carbonyl (C=O) groups excluding carboxylic acids is 1. The number of aromatic nitrogens is 1.